The number of nitrogens with zero attached hydrogens (tertiary/aromatic N) is 1. The Morgan fingerprint density at radius 3 is 2.62 bits per heavy atom. The number of likely N-dealkylation sites (tertiary alicyclic amines) is 1. The van der Waals surface area contributed by atoms with E-state index in [9.17, 15) is 14.4 Å². The van der Waals surface area contributed by atoms with Gasteiger partial charge < -0.3 is 4.90 Å². The molecule has 1 atom stereocenters. The van der Waals surface area contributed by atoms with Crippen molar-refractivity contribution in [2.75, 3.05) is 6.54 Å². The van der Waals surface area contributed by atoms with Crippen molar-refractivity contribution in [2.45, 2.75) is 45.6 Å². The number of amides is 3. The molecule has 2 heterocycles. The van der Waals surface area contributed by atoms with Gasteiger partial charge >= 0.3 is 0 Å². The van der Waals surface area contributed by atoms with Crippen molar-refractivity contribution < 1.29 is 14.4 Å². The highest BCUT2D eigenvalue weighted by Crippen LogP contribution is 2.32. The third-order valence-electron chi connectivity index (χ3n) is 5.60. The average molecular weight is 412 g/mol. The molecule has 0 saturated carbocycles. The molecule has 7 heteroatoms. The number of hydrogen-bond acceptors (Lipinski definition) is 4. The molecular weight excluding hydrogens is 386 g/mol. The third kappa shape index (κ3) is 4.50. The van der Waals surface area contributed by atoms with Crippen molar-refractivity contribution >= 4 is 29.1 Å². The fourth-order valence-corrected chi connectivity index (χ4v) is 5.02. The van der Waals surface area contributed by atoms with Crippen molar-refractivity contribution in [1.29, 1.82) is 0 Å². The number of carbonyl (C=O) groups is 3. The SMILES string of the molecule is C[C@@H]1CCc2sc(C(=O)NNC(=O)c3ccc(CN4CCCC4=O)cc3)cc2C1. The predicted octanol–water partition coefficient (Wildman–Crippen LogP) is 3.07. The molecule has 2 aromatic rings. The molecule has 4 rings (SSSR count). The quantitative estimate of drug-likeness (QED) is 0.759. The molecule has 2 aliphatic rings. The minimum Gasteiger partial charge on any atom is -0.338 e. The normalized spacial score (nSPS) is 18.4. The molecule has 29 heavy (non-hydrogen) atoms. The molecule has 6 nitrogen and oxygen atoms in total. The molecular formula is C22H25N3O3S. The van der Waals surface area contributed by atoms with Crippen LogP contribution in [0.3, 0.4) is 0 Å². The number of hydrazine groups is 1. The summed E-state index contributed by atoms with van der Waals surface area (Å²) in [6, 6.07) is 9.06. The monoisotopic (exact) mass is 411 g/mol. The summed E-state index contributed by atoms with van der Waals surface area (Å²) >= 11 is 1.51. The van der Waals surface area contributed by atoms with Gasteiger partial charge in [0.15, 0.2) is 0 Å². The van der Waals surface area contributed by atoms with E-state index < -0.39 is 0 Å². The van der Waals surface area contributed by atoms with E-state index >= 15 is 0 Å². The van der Waals surface area contributed by atoms with E-state index in [1.165, 1.54) is 21.8 Å². The fraction of sp³-hybridized carbons (Fsp3) is 0.409. The Morgan fingerprint density at radius 2 is 1.90 bits per heavy atom. The molecule has 3 amide bonds. The summed E-state index contributed by atoms with van der Waals surface area (Å²) in [6.07, 6.45) is 4.72. The molecule has 152 valence electrons. The minimum atomic E-state index is -0.364. The number of nitrogens with one attached hydrogen (secondary N) is 2. The van der Waals surface area contributed by atoms with Gasteiger partial charge in [0, 0.05) is 30.0 Å². The molecule has 1 fully saturated rings. The van der Waals surface area contributed by atoms with Crippen LogP contribution in [0.2, 0.25) is 0 Å². The van der Waals surface area contributed by atoms with Crippen LogP contribution in [0.5, 0.6) is 0 Å². The van der Waals surface area contributed by atoms with Gasteiger partial charge in [-0.3, -0.25) is 25.2 Å². The van der Waals surface area contributed by atoms with Gasteiger partial charge in [-0.25, -0.2) is 0 Å². The second kappa shape index (κ2) is 8.37. The lowest BCUT2D eigenvalue weighted by molar-refractivity contribution is -0.128. The molecule has 0 spiro atoms. The number of fused-ring (bicyclic) bond motifs is 1. The summed E-state index contributed by atoms with van der Waals surface area (Å²) < 4.78 is 0. The maximum Gasteiger partial charge on any atom is 0.279 e. The zero-order valence-electron chi connectivity index (χ0n) is 16.5. The molecule has 2 N–H and O–H groups in total. The molecule has 1 aliphatic heterocycles. The molecule has 1 aromatic heterocycles. The van der Waals surface area contributed by atoms with Crippen LogP contribution in [0.4, 0.5) is 0 Å². The second-order valence-corrected chi connectivity index (χ2v) is 9.07. The molecule has 1 saturated heterocycles. The highest BCUT2D eigenvalue weighted by atomic mass is 32.1. The van der Waals surface area contributed by atoms with E-state index in [4.69, 9.17) is 0 Å². The predicted molar refractivity (Wildman–Crippen MR) is 112 cm³/mol. The number of benzene rings is 1. The van der Waals surface area contributed by atoms with Crippen LogP contribution in [0, 0.1) is 5.92 Å². The van der Waals surface area contributed by atoms with Crippen LogP contribution in [0.1, 0.15) is 62.2 Å². The first-order valence-electron chi connectivity index (χ1n) is 10.1. The Hall–Kier alpha value is -2.67. The number of aryl methyl sites for hydroxylation is 1. The lowest BCUT2D eigenvalue weighted by Gasteiger charge is -2.16. The lowest BCUT2D eigenvalue weighted by Crippen LogP contribution is -2.41. The Labute approximate surface area is 174 Å². The number of carbonyl (C=O) groups excluding carboxylic acids is 3. The van der Waals surface area contributed by atoms with Crippen molar-refractivity contribution in [3.63, 3.8) is 0 Å². The molecule has 0 bridgehead atoms. The summed E-state index contributed by atoms with van der Waals surface area (Å²) in [4.78, 5) is 40.2. The van der Waals surface area contributed by atoms with E-state index in [-0.39, 0.29) is 17.7 Å². The molecule has 0 radical (unpaired) electrons. The van der Waals surface area contributed by atoms with Gasteiger partial charge in [-0.05, 0) is 60.9 Å². The topological polar surface area (TPSA) is 78.5 Å². The summed E-state index contributed by atoms with van der Waals surface area (Å²) in [7, 11) is 0. The van der Waals surface area contributed by atoms with Crippen molar-refractivity contribution in [3.05, 3.63) is 56.8 Å². The Kier molecular flexibility index (Phi) is 5.67. The van der Waals surface area contributed by atoms with Gasteiger partial charge in [-0.1, -0.05) is 19.1 Å². The van der Waals surface area contributed by atoms with E-state index in [1.807, 2.05) is 23.1 Å². The highest BCUT2D eigenvalue weighted by Gasteiger charge is 2.22. The van der Waals surface area contributed by atoms with Crippen LogP contribution in [-0.4, -0.2) is 29.2 Å². The molecule has 0 unspecified atom stereocenters. The van der Waals surface area contributed by atoms with Gasteiger partial charge in [-0.2, -0.15) is 0 Å². The zero-order chi connectivity index (χ0) is 20.4. The molecule has 1 aliphatic carbocycles. The van der Waals surface area contributed by atoms with Crippen molar-refractivity contribution in [2.24, 2.45) is 5.92 Å². The van der Waals surface area contributed by atoms with Gasteiger partial charge in [0.25, 0.3) is 11.8 Å². The maximum absolute atomic E-state index is 12.4. The smallest absolute Gasteiger partial charge is 0.279 e. The first kappa shape index (κ1) is 19.6. The first-order valence-corrected chi connectivity index (χ1v) is 10.9. The van der Waals surface area contributed by atoms with Gasteiger partial charge in [0.05, 0.1) is 4.88 Å². The van der Waals surface area contributed by atoms with Crippen molar-refractivity contribution in [3.8, 4) is 0 Å². The average Bonchev–Trinajstić information content (AvgIpc) is 3.32. The van der Waals surface area contributed by atoms with Crippen LogP contribution >= 0.6 is 11.3 Å². The van der Waals surface area contributed by atoms with Gasteiger partial charge in [0.1, 0.15) is 0 Å². The first-order chi connectivity index (χ1) is 14.0. The third-order valence-corrected chi connectivity index (χ3v) is 6.84. The second-order valence-electron chi connectivity index (χ2n) is 7.93. The van der Waals surface area contributed by atoms with Crippen molar-refractivity contribution in [1.82, 2.24) is 15.8 Å². The number of thiophene rings is 1. The summed E-state index contributed by atoms with van der Waals surface area (Å²) in [5.74, 6) is 0.185. The lowest BCUT2D eigenvalue weighted by atomic mass is 9.90. The summed E-state index contributed by atoms with van der Waals surface area (Å²) in [5, 5.41) is 0. The van der Waals surface area contributed by atoms with E-state index in [2.05, 4.69) is 17.8 Å². The summed E-state index contributed by atoms with van der Waals surface area (Å²) in [5.41, 5.74) is 7.71. The maximum atomic E-state index is 12.4. The highest BCUT2D eigenvalue weighted by molar-refractivity contribution is 7.14. The number of rotatable bonds is 4. The van der Waals surface area contributed by atoms with Gasteiger partial charge in [-0.15, -0.1) is 11.3 Å². The van der Waals surface area contributed by atoms with Crippen LogP contribution in [0.25, 0.3) is 0 Å². The molecule has 1 aromatic carbocycles. The largest absolute Gasteiger partial charge is 0.338 e. The van der Waals surface area contributed by atoms with Gasteiger partial charge in [0.2, 0.25) is 5.91 Å². The fourth-order valence-electron chi connectivity index (χ4n) is 3.92. The standard InChI is InChI=1S/C22H25N3O3S/c1-14-4-9-18-17(11-14)12-19(29-18)22(28)24-23-21(27)16-7-5-15(6-8-16)13-25-10-2-3-20(25)26/h5-8,12,14H,2-4,9-11,13H2,1H3,(H,23,27)(H,24,28)/t14-/m1/s1. The Balaban J connectivity index is 1.31. The number of hydrogen-bond donors (Lipinski definition) is 2. The van der Waals surface area contributed by atoms with E-state index in [1.54, 1.807) is 12.1 Å². The minimum absolute atomic E-state index is 0.180. The summed E-state index contributed by atoms with van der Waals surface area (Å²) in [6.45, 7) is 3.59. The Morgan fingerprint density at radius 1 is 1.14 bits per heavy atom. The Bertz CT molecular complexity index is 935. The van der Waals surface area contributed by atoms with E-state index in [0.29, 0.717) is 29.3 Å². The van der Waals surface area contributed by atoms with Crippen LogP contribution < -0.4 is 10.9 Å². The van der Waals surface area contributed by atoms with E-state index in [0.717, 1.165) is 37.8 Å². The zero-order valence-corrected chi connectivity index (χ0v) is 17.3. The van der Waals surface area contributed by atoms with Crippen LogP contribution in [-0.2, 0) is 24.2 Å². The van der Waals surface area contributed by atoms with Crippen LogP contribution in [0.15, 0.2) is 30.3 Å².